The maximum Gasteiger partial charge on any atom is 0.436 e. The normalized spacial score (nSPS) is 14.8. The summed E-state index contributed by atoms with van der Waals surface area (Å²) < 4.78 is 41.2. The van der Waals surface area contributed by atoms with Gasteiger partial charge in [-0.1, -0.05) is 103 Å². The molecule has 1 unspecified atom stereocenters. The van der Waals surface area contributed by atoms with Gasteiger partial charge >= 0.3 is 6.18 Å². The van der Waals surface area contributed by atoms with Gasteiger partial charge in [0.15, 0.2) is 5.69 Å². The van der Waals surface area contributed by atoms with E-state index in [1.165, 1.54) is 88.2 Å². The summed E-state index contributed by atoms with van der Waals surface area (Å²) in [5.74, 6) is -0.236. The third-order valence-corrected chi connectivity index (χ3v) is 7.98. The van der Waals surface area contributed by atoms with Gasteiger partial charge in [-0.25, -0.2) is 0 Å². The molecule has 36 heavy (non-hydrogen) atoms. The van der Waals surface area contributed by atoms with Crippen molar-refractivity contribution in [1.29, 1.82) is 0 Å². The molecule has 1 amide bonds. The van der Waals surface area contributed by atoms with Crippen molar-refractivity contribution in [2.24, 2.45) is 0 Å². The number of aromatic nitrogens is 2. The number of alkyl halides is 3. The fraction of sp³-hybridized carbons (Fsp3) is 0.857. The summed E-state index contributed by atoms with van der Waals surface area (Å²) in [5, 5.41) is 6.66. The summed E-state index contributed by atoms with van der Waals surface area (Å²) in [6.45, 7) is 4.43. The average Bonchev–Trinajstić information content (AvgIpc) is 3.61. The Morgan fingerprint density at radius 2 is 1.36 bits per heavy atom. The van der Waals surface area contributed by atoms with E-state index in [9.17, 15) is 18.0 Å². The minimum atomic E-state index is -4.54. The first-order chi connectivity index (χ1) is 17.3. The summed E-state index contributed by atoms with van der Waals surface area (Å²) >= 11 is 3.09. The fourth-order valence-electron chi connectivity index (χ4n) is 4.77. The number of amides is 1. The van der Waals surface area contributed by atoms with Gasteiger partial charge in [-0.3, -0.25) is 9.48 Å². The molecule has 1 aromatic rings. The molecule has 4 nitrogen and oxygen atoms in total. The van der Waals surface area contributed by atoms with Gasteiger partial charge in [0.05, 0.1) is 10.2 Å². The fourth-order valence-corrected chi connectivity index (χ4v) is 5.58. The van der Waals surface area contributed by atoms with E-state index in [-0.39, 0.29) is 16.3 Å². The molecule has 1 atom stereocenters. The maximum atomic E-state index is 13.3. The van der Waals surface area contributed by atoms with Crippen LogP contribution in [0.25, 0.3) is 0 Å². The van der Waals surface area contributed by atoms with Gasteiger partial charge in [-0.15, -0.1) is 0 Å². The molecule has 0 aromatic carbocycles. The minimum absolute atomic E-state index is 0.0186. The Morgan fingerprint density at radius 1 is 0.917 bits per heavy atom. The van der Waals surface area contributed by atoms with Crippen LogP contribution in [0.15, 0.2) is 4.47 Å². The largest absolute Gasteiger partial charge is 0.436 e. The van der Waals surface area contributed by atoms with Crippen molar-refractivity contribution < 1.29 is 18.0 Å². The number of unbranched alkanes of at least 4 members (excludes halogenated alkanes) is 15. The van der Waals surface area contributed by atoms with E-state index < -0.39 is 17.9 Å². The molecule has 2 rings (SSSR count). The van der Waals surface area contributed by atoms with E-state index in [0.29, 0.717) is 12.2 Å². The number of nitrogens with one attached hydrogen (secondary N) is 1. The van der Waals surface area contributed by atoms with Crippen molar-refractivity contribution in [3.63, 3.8) is 0 Å². The van der Waals surface area contributed by atoms with E-state index >= 15 is 0 Å². The standard InChI is InChI=1S/C28H47BrF3N3O/c1-3-4-5-6-7-8-9-10-11-12-13-14-15-16-17-18-21-33-27(36)22(2)35-25(23-19-20-23)24(29)26(34-35)28(30,31)32/h22-23H,3-21H2,1-2H3,(H,33,36). The third kappa shape index (κ3) is 11.1. The molecule has 0 bridgehead atoms. The molecule has 208 valence electrons. The van der Waals surface area contributed by atoms with Crippen molar-refractivity contribution >= 4 is 21.8 Å². The van der Waals surface area contributed by atoms with Crippen LogP contribution in [0, 0.1) is 0 Å². The molecule has 0 aliphatic heterocycles. The SMILES string of the molecule is CCCCCCCCCCCCCCCCCCNC(=O)C(C)n1nc(C(F)(F)F)c(Br)c1C1CC1. The second kappa shape index (κ2) is 16.7. The Bertz CT molecular complexity index is 762. The first-order valence-corrected chi connectivity index (χ1v) is 15.2. The van der Waals surface area contributed by atoms with Crippen LogP contribution in [0.2, 0.25) is 0 Å². The Labute approximate surface area is 224 Å². The molecule has 1 aliphatic carbocycles. The predicted octanol–water partition coefficient (Wildman–Crippen LogP) is 9.48. The predicted molar refractivity (Wildman–Crippen MR) is 144 cm³/mol. The minimum Gasteiger partial charge on any atom is -0.354 e. The van der Waals surface area contributed by atoms with Gasteiger partial charge in [0.1, 0.15) is 6.04 Å². The second-order valence-corrected chi connectivity index (χ2v) is 11.3. The Morgan fingerprint density at radius 3 is 1.78 bits per heavy atom. The van der Waals surface area contributed by atoms with Gasteiger partial charge in [0.2, 0.25) is 5.91 Å². The molecule has 8 heteroatoms. The number of nitrogens with zero attached hydrogens (tertiary/aromatic N) is 2. The zero-order valence-corrected chi connectivity index (χ0v) is 24.0. The molecule has 1 aliphatic rings. The molecular weight excluding hydrogens is 531 g/mol. The van der Waals surface area contributed by atoms with Crippen molar-refractivity contribution in [2.45, 2.75) is 148 Å². The van der Waals surface area contributed by atoms with Crippen LogP contribution >= 0.6 is 15.9 Å². The lowest BCUT2D eigenvalue weighted by Gasteiger charge is -2.16. The van der Waals surface area contributed by atoms with Crippen LogP contribution in [0.1, 0.15) is 153 Å². The summed E-state index contributed by atoms with van der Waals surface area (Å²) in [6.07, 6.45) is 17.8. The highest BCUT2D eigenvalue weighted by Crippen LogP contribution is 2.47. The molecule has 1 heterocycles. The third-order valence-electron chi connectivity index (χ3n) is 7.20. The molecule has 0 saturated heterocycles. The van der Waals surface area contributed by atoms with Gasteiger partial charge in [0, 0.05) is 12.5 Å². The number of rotatable bonds is 20. The van der Waals surface area contributed by atoms with Gasteiger partial charge in [-0.05, 0) is 42.1 Å². The quantitative estimate of drug-likeness (QED) is 0.157. The number of carbonyl (C=O) groups is 1. The summed E-state index contributed by atoms with van der Waals surface area (Å²) in [7, 11) is 0. The molecule has 1 N–H and O–H groups in total. The van der Waals surface area contributed by atoms with E-state index in [1.54, 1.807) is 6.92 Å². The number of hydrogen-bond donors (Lipinski definition) is 1. The van der Waals surface area contributed by atoms with Gasteiger partial charge in [-0.2, -0.15) is 18.3 Å². The highest BCUT2D eigenvalue weighted by Gasteiger charge is 2.42. The highest BCUT2D eigenvalue weighted by atomic mass is 79.9. The summed E-state index contributed by atoms with van der Waals surface area (Å²) in [6, 6.07) is -0.769. The van der Waals surface area contributed by atoms with Gasteiger partial charge in [0.25, 0.3) is 0 Å². The molecule has 1 aromatic heterocycles. The van der Waals surface area contributed by atoms with Crippen LogP contribution in [-0.4, -0.2) is 22.2 Å². The van der Waals surface area contributed by atoms with Crippen LogP contribution in [-0.2, 0) is 11.0 Å². The van der Waals surface area contributed by atoms with Crippen LogP contribution in [0.3, 0.4) is 0 Å². The number of hydrogen-bond acceptors (Lipinski definition) is 2. The maximum absolute atomic E-state index is 13.3. The van der Waals surface area contributed by atoms with Crippen molar-refractivity contribution in [2.75, 3.05) is 6.54 Å². The van der Waals surface area contributed by atoms with Crippen molar-refractivity contribution in [3.8, 4) is 0 Å². The van der Waals surface area contributed by atoms with E-state index in [2.05, 4.69) is 33.3 Å². The zero-order valence-electron chi connectivity index (χ0n) is 22.4. The van der Waals surface area contributed by atoms with E-state index in [1.807, 2.05) is 0 Å². The smallest absolute Gasteiger partial charge is 0.354 e. The lowest BCUT2D eigenvalue weighted by Crippen LogP contribution is -2.33. The monoisotopic (exact) mass is 577 g/mol. The Balaban J connectivity index is 1.51. The summed E-state index contributed by atoms with van der Waals surface area (Å²) in [4.78, 5) is 12.6. The molecule has 0 spiro atoms. The highest BCUT2D eigenvalue weighted by molar-refractivity contribution is 9.10. The average molecular weight is 579 g/mol. The van der Waals surface area contributed by atoms with Crippen LogP contribution < -0.4 is 5.32 Å². The van der Waals surface area contributed by atoms with Gasteiger partial charge < -0.3 is 5.32 Å². The lowest BCUT2D eigenvalue weighted by molar-refractivity contribution is -0.142. The topological polar surface area (TPSA) is 46.9 Å². The molecule has 1 saturated carbocycles. The van der Waals surface area contributed by atoms with Crippen LogP contribution in [0.5, 0.6) is 0 Å². The first-order valence-electron chi connectivity index (χ1n) is 14.4. The Hall–Kier alpha value is -1.05. The Kier molecular flexibility index (Phi) is 14.5. The lowest BCUT2D eigenvalue weighted by atomic mass is 10.0. The molecular formula is C28H47BrF3N3O. The number of halogens is 4. The zero-order chi connectivity index (χ0) is 26.4. The molecule has 0 radical (unpaired) electrons. The van der Waals surface area contributed by atoms with Crippen LogP contribution in [0.4, 0.5) is 13.2 Å². The van der Waals surface area contributed by atoms with E-state index in [0.717, 1.165) is 32.1 Å². The summed E-state index contributed by atoms with van der Waals surface area (Å²) in [5.41, 5.74) is -0.450. The van der Waals surface area contributed by atoms with Crippen molar-refractivity contribution in [3.05, 3.63) is 15.9 Å². The second-order valence-electron chi connectivity index (χ2n) is 10.5. The van der Waals surface area contributed by atoms with Crippen molar-refractivity contribution in [1.82, 2.24) is 15.1 Å². The van der Waals surface area contributed by atoms with E-state index in [4.69, 9.17) is 0 Å². The number of carbonyl (C=O) groups excluding carboxylic acids is 1. The first kappa shape index (κ1) is 31.2. The molecule has 1 fully saturated rings.